The zero-order chi connectivity index (χ0) is 14.5. The normalized spacial score (nSPS) is 10.7. The van der Waals surface area contributed by atoms with Crippen molar-refractivity contribution >= 4 is 23.4 Å². The van der Waals surface area contributed by atoms with Crippen molar-refractivity contribution in [3.63, 3.8) is 0 Å². The lowest BCUT2D eigenvalue weighted by atomic mass is 10.1. The van der Waals surface area contributed by atoms with Gasteiger partial charge in [0.25, 0.3) is 0 Å². The van der Waals surface area contributed by atoms with Crippen LogP contribution in [-0.2, 0) is 4.79 Å². The lowest BCUT2D eigenvalue weighted by Gasteiger charge is -2.07. The maximum Gasteiger partial charge on any atom is 0.248 e. The number of amides is 1. The van der Waals surface area contributed by atoms with E-state index in [2.05, 4.69) is 5.32 Å². The van der Waals surface area contributed by atoms with Crippen molar-refractivity contribution in [2.75, 3.05) is 11.1 Å². The van der Waals surface area contributed by atoms with Gasteiger partial charge >= 0.3 is 0 Å². The van der Waals surface area contributed by atoms with E-state index in [0.717, 1.165) is 22.4 Å². The molecule has 0 aromatic heterocycles. The largest absolute Gasteiger partial charge is 0.399 e. The van der Waals surface area contributed by atoms with Crippen LogP contribution in [-0.4, -0.2) is 5.91 Å². The molecule has 2 aromatic rings. The highest BCUT2D eigenvalue weighted by molar-refractivity contribution is 6.02. The van der Waals surface area contributed by atoms with Crippen LogP contribution in [0.3, 0.4) is 0 Å². The Morgan fingerprint density at radius 2 is 1.80 bits per heavy atom. The van der Waals surface area contributed by atoms with Crippen molar-refractivity contribution < 1.29 is 4.79 Å². The lowest BCUT2D eigenvalue weighted by Crippen LogP contribution is -2.09. The Bertz CT molecular complexity index is 643. The summed E-state index contributed by atoms with van der Waals surface area (Å²) in [7, 11) is 0. The molecule has 0 spiro atoms. The Kier molecular flexibility index (Phi) is 4.20. The predicted molar refractivity (Wildman–Crippen MR) is 84.4 cm³/mol. The molecule has 0 fully saturated rings. The standard InChI is InChI=1S/C17H18N2O/c1-12-3-4-13(2)16(11-12)19-17(20)10-7-14-5-8-15(18)9-6-14/h3-11H,18H2,1-2H3,(H,19,20)/b10-7+. The first-order valence-electron chi connectivity index (χ1n) is 6.46. The van der Waals surface area contributed by atoms with Gasteiger partial charge in [-0.25, -0.2) is 0 Å². The molecule has 0 bridgehead atoms. The van der Waals surface area contributed by atoms with E-state index >= 15 is 0 Å². The van der Waals surface area contributed by atoms with Crippen LogP contribution in [0, 0.1) is 13.8 Å². The van der Waals surface area contributed by atoms with E-state index in [1.165, 1.54) is 6.08 Å². The summed E-state index contributed by atoms with van der Waals surface area (Å²) >= 11 is 0. The molecule has 3 N–H and O–H groups in total. The van der Waals surface area contributed by atoms with Gasteiger partial charge in [0.2, 0.25) is 5.91 Å². The Hall–Kier alpha value is -2.55. The van der Waals surface area contributed by atoms with Crippen molar-refractivity contribution in [1.82, 2.24) is 0 Å². The Balaban J connectivity index is 2.05. The van der Waals surface area contributed by atoms with E-state index in [1.54, 1.807) is 6.08 Å². The van der Waals surface area contributed by atoms with Crippen LogP contribution in [0.1, 0.15) is 16.7 Å². The third-order valence-electron chi connectivity index (χ3n) is 3.01. The van der Waals surface area contributed by atoms with Gasteiger partial charge in [0, 0.05) is 17.5 Å². The average Bonchev–Trinajstić information content (AvgIpc) is 2.42. The van der Waals surface area contributed by atoms with Crippen LogP contribution in [0.25, 0.3) is 6.08 Å². The molecule has 1 amide bonds. The molecule has 0 aliphatic rings. The van der Waals surface area contributed by atoms with Gasteiger partial charge in [0.1, 0.15) is 0 Å². The topological polar surface area (TPSA) is 55.1 Å². The smallest absolute Gasteiger partial charge is 0.248 e. The molecule has 2 rings (SSSR count). The minimum absolute atomic E-state index is 0.143. The number of hydrogen-bond acceptors (Lipinski definition) is 2. The molecule has 0 aliphatic heterocycles. The quantitative estimate of drug-likeness (QED) is 0.659. The lowest BCUT2D eigenvalue weighted by molar-refractivity contribution is -0.111. The third-order valence-corrected chi connectivity index (χ3v) is 3.01. The molecule has 102 valence electrons. The van der Waals surface area contributed by atoms with Gasteiger partial charge in [-0.15, -0.1) is 0 Å². The summed E-state index contributed by atoms with van der Waals surface area (Å²) in [5, 5.41) is 2.88. The van der Waals surface area contributed by atoms with Crippen LogP contribution >= 0.6 is 0 Å². The van der Waals surface area contributed by atoms with Crippen LogP contribution in [0.5, 0.6) is 0 Å². The predicted octanol–water partition coefficient (Wildman–Crippen LogP) is 3.54. The highest BCUT2D eigenvalue weighted by Crippen LogP contribution is 2.16. The summed E-state index contributed by atoms with van der Waals surface area (Å²) in [6.45, 7) is 3.97. The molecule has 2 aromatic carbocycles. The molecule has 0 atom stereocenters. The maximum atomic E-state index is 11.9. The van der Waals surface area contributed by atoms with Crippen LogP contribution < -0.4 is 11.1 Å². The number of carbonyl (C=O) groups is 1. The summed E-state index contributed by atoms with van der Waals surface area (Å²) in [5.74, 6) is -0.143. The highest BCUT2D eigenvalue weighted by atomic mass is 16.1. The molecule has 3 heteroatoms. The second-order valence-electron chi connectivity index (χ2n) is 4.81. The highest BCUT2D eigenvalue weighted by Gasteiger charge is 2.01. The van der Waals surface area contributed by atoms with Crippen LogP contribution in [0.15, 0.2) is 48.5 Å². The summed E-state index contributed by atoms with van der Waals surface area (Å²) in [4.78, 5) is 11.9. The fourth-order valence-electron chi connectivity index (χ4n) is 1.82. The average molecular weight is 266 g/mol. The fraction of sp³-hybridized carbons (Fsp3) is 0.118. The number of hydrogen-bond donors (Lipinski definition) is 2. The van der Waals surface area contributed by atoms with Crippen molar-refractivity contribution in [1.29, 1.82) is 0 Å². The summed E-state index contributed by atoms with van der Waals surface area (Å²) in [6.07, 6.45) is 3.28. The number of anilines is 2. The molecule has 0 radical (unpaired) electrons. The third kappa shape index (κ3) is 3.72. The molecule has 0 aliphatic carbocycles. The van der Waals surface area contributed by atoms with E-state index in [0.29, 0.717) is 5.69 Å². The van der Waals surface area contributed by atoms with Gasteiger partial charge in [0.15, 0.2) is 0 Å². The Morgan fingerprint density at radius 3 is 2.50 bits per heavy atom. The van der Waals surface area contributed by atoms with Crippen molar-refractivity contribution in [3.8, 4) is 0 Å². The number of nitrogens with one attached hydrogen (secondary N) is 1. The Morgan fingerprint density at radius 1 is 1.10 bits per heavy atom. The summed E-state index contributed by atoms with van der Waals surface area (Å²) in [6, 6.07) is 13.3. The number of nitrogen functional groups attached to an aromatic ring is 1. The second kappa shape index (κ2) is 6.06. The molecular weight excluding hydrogens is 248 g/mol. The van der Waals surface area contributed by atoms with Crippen molar-refractivity contribution in [3.05, 3.63) is 65.2 Å². The number of benzene rings is 2. The SMILES string of the molecule is Cc1ccc(C)c(NC(=O)/C=C/c2ccc(N)cc2)c1. The van der Waals surface area contributed by atoms with E-state index in [9.17, 15) is 4.79 Å². The summed E-state index contributed by atoms with van der Waals surface area (Å²) in [5.41, 5.74) is 10.3. The van der Waals surface area contributed by atoms with Gasteiger partial charge in [-0.05, 0) is 54.8 Å². The minimum atomic E-state index is -0.143. The van der Waals surface area contributed by atoms with Gasteiger partial charge in [-0.1, -0.05) is 24.3 Å². The van der Waals surface area contributed by atoms with Gasteiger partial charge in [-0.3, -0.25) is 4.79 Å². The summed E-state index contributed by atoms with van der Waals surface area (Å²) < 4.78 is 0. The fourth-order valence-corrected chi connectivity index (χ4v) is 1.82. The number of carbonyl (C=O) groups excluding carboxylic acids is 1. The Labute approximate surface area is 119 Å². The zero-order valence-corrected chi connectivity index (χ0v) is 11.7. The molecule has 0 unspecified atom stereocenters. The first kappa shape index (κ1) is 13.9. The maximum absolute atomic E-state index is 11.9. The van der Waals surface area contributed by atoms with E-state index in [4.69, 9.17) is 5.73 Å². The molecule has 0 saturated heterocycles. The number of rotatable bonds is 3. The van der Waals surface area contributed by atoms with Crippen LogP contribution in [0.4, 0.5) is 11.4 Å². The minimum Gasteiger partial charge on any atom is -0.399 e. The second-order valence-corrected chi connectivity index (χ2v) is 4.81. The molecular formula is C17H18N2O. The first-order chi connectivity index (χ1) is 9.54. The monoisotopic (exact) mass is 266 g/mol. The molecule has 0 heterocycles. The zero-order valence-electron chi connectivity index (χ0n) is 11.7. The molecule has 0 saturated carbocycles. The van der Waals surface area contributed by atoms with E-state index in [-0.39, 0.29) is 5.91 Å². The number of aryl methyl sites for hydroxylation is 2. The molecule has 3 nitrogen and oxygen atoms in total. The number of nitrogens with two attached hydrogens (primary N) is 1. The molecule has 20 heavy (non-hydrogen) atoms. The van der Waals surface area contributed by atoms with Gasteiger partial charge < -0.3 is 11.1 Å². The van der Waals surface area contributed by atoms with Crippen molar-refractivity contribution in [2.45, 2.75) is 13.8 Å². The first-order valence-corrected chi connectivity index (χ1v) is 6.46. The van der Waals surface area contributed by atoms with Gasteiger partial charge in [-0.2, -0.15) is 0 Å². The van der Waals surface area contributed by atoms with Crippen LogP contribution in [0.2, 0.25) is 0 Å². The van der Waals surface area contributed by atoms with Crippen molar-refractivity contribution in [2.24, 2.45) is 0 Å². The van der Waals surface area contributed by atoms with E-state index < -0.39 is 0 Å². The van der Waals surface area contributed by atoms with Gasteiger partial charge in [0.05, 0.1) is 0 Å². The van der Waals surface area contributed by atoms with E-state index in [1.807, 2.05) is 56.3 Å².